The molecule has 0 fully saturated rings. The molecule has 1 aromatic heterocycles. The molecule has 1 aliphatic heterocycles. The maximum atomic E-state index is 5.50. The van der Waals surface area contributed by atoms with E-state index < -0.39 is 0 Å². The minimum absolute atomic E-state index is 0.816. The number of thiazole rings is 1. The fourth-order valence-corrected chi connectivity index (χ4v) is 2.71. The van der Waals surface area contributed by atoms with Crippen LogP contribution in [0.4, 0.5) is 0 Å². The number of hydrogen-bond acceptors (Lipinski definition) is 3. The summed E-state index contributed by atoms with van der Waals surface area (Å²) in [5.74, 6) is 1.04. The Morgan fingerprint density at radius 1 is 1.44 bits per heavy atom. The van der Waals surface area contributed by atoms with Gasteiger partial charge in [-0.15, -0.1) is 11.3 Å². The highest BCUT2D eigenvalue weighted by Crippen LogP contribution is 2.30. The van der Waals surface area contributed by atoms with Crippen LogP contribution in [0.15, 0.2) is 23.6 Å². The van der Waals surface area contributed by atoms with E-state index in [9.17, 15) is 0 Å². The first-order valence-corrected chi connectivity index (χ1v) is 6.45. The smallest absolute Gasteiger partial charge is 0.122 e. The molecule has 1 aromatic carbocycles. The molecule has 82 valence electrons. The van der Waals surface area contributed by atoms with Gasteiger partial charge in [-0.2, -0.15) is 0 Å². The van der Waals surface area contributed by atoms with Gasteiger partial charge >= 0.3 is 0 Å². The fourth-order valence-electron chi connectivity index (χ4n) is 1.95. The number of benzene rings is 1. The molecule has 0 amide bonds. The molecule has 16 heavy (non-hydrogen) atoms. The van der Waals surface area contributed by atoms with Gasteiger partial charge in [0.1, 0.15) is 5.75 Å². The van der Waals surface area contributed by atoms with Crippen LogP contribution in [0.25, 0.3) is 11.3 Å². The molecular weight excluding hydrogens is 218 g/mol. The predicted octanol–water partition coefficient (Wildman–Crippen LogP) is 3.31. The van der Waals surface area contributed by atoms with Crippen LogP contribution in [-0.2, 0) is 12.8 Å². The molecule has 2 nitrogen and oxygen atoms in total. The number of hydrogen-bond donors (Lipinski definition) is 0. The lowest BCUT2D eigenvalue weighted by Gasteiger charge is -2.01. The van der Waals surface area contributed by atoms with Gasteiger partial charge in [0, 0.05) is 17.4 Å². The van der Waals surface area contributed by atoms with Gasteiger partial charge in [0.25, 0.3) is 0 Å². The van der Waals surface area contributed by atoms with Gasteiger partial charge in [-0.1, -0.05) is 6.92 Å². The summed E-state index contributed by atoms with van der Waals surface area (Å²) in [4.78, 5) is 4.60. The van der Waals surface area contributed by atoms with Gasteiger partial charge < -0.3 is 4.74 Å². The van der Waals surface area contributed by atoms with Crippen molar-refractivity contribution in [1.82, 2.24) is 4.98 Å². The molecule has 0 saturated heterocycles. The van der Waals surface area contributed by atoms with Gasteiger partial charge in [-0.25, -0.2) is 4.98 Å². The van der Waals surface area contributed by atoms with Crippen molar-refractivity contribution in [1.29, 1.82) is 0 Å². The van der Waals surface area contributed by atoms with E-state index >= 15 is 0 Å². The van der Waals surface area contributed by atoms with Gasteiger partial charge in [0.2, 0.25) is 0 Å². The Bertz CT molecular complexity index is 518. The van der Waals surface area contributed by atoms with E-state index in [2.05, 4.69) is 35.5 Å². The lowest BCUT2D eigenvalue weighted by atomic mass is 10.1. The summed E-state index contributed by atoms with van der Waals surface area (Å²) >= 11 is 1.74. The van der Waals surface area contributed by atoms with E-state index in [0.29, 0.717) is 0 Å². The molecule has 0 bridgehead atoms. The van der Waals surface area contributed by atoms with Crippen molar-refractivity contribution in [2.24, 2.45) is 0 Å². The number of rotatable bonds is 2. The minimum Gasteiger partial charge on any atom is -0.493 e. The highest BCUT2D eigenvalue weighted by atomic mass is 32.1. The highest BCUT2D eigenvalue weighted by molar-refractivity contribution is 7.09. The second kappa shape index (κ2) is 3.91. The van der Waals surface area contributed by atoms with Crippen molar-refractivity contribution in [2.75, 3.05) is 6.61 Å². The molecule has 0 atom stereocenters. The predicted molar refractivity (Wildman–Crippen MR) is 66.1 cm³/mol. The monoisotopic (exact) mass is 231 g/mol. The Hall–Kier alpha value is -1.35. The minimum atomic E-state index is 0.816. The average molecular weight is 231 g/mol. The molecule has 0 N–H and O–H groups in total. The van der Waals surface area contributed by atoms with E-state index in [0.717, 1.165) is 30.9 Å². The standard InChI is InChI=1S/C13H13NOS/c1-2-13-14-11(8-16-13)9-3-4-12-10(7-9)5-6-15-12/h3-4,7-8H,2,5-6H2,1H3. The molecule has 2 aromatic rings. The van der Waals surface area contributed by atoms with Crippen LogP contribution in [0.2, 0.25) is 0 Å². The van der Waals surface area contributed by atoms with Gasteiger partial charge in [-0.3, -0.25) is 0 Å². The summed E-state index contributed by atoms with van der Waals surface area (Å²) in [7, 11) is 0. The van der Waals surface area contributed by atoms with Crippen molar-refractivity contribution < 1.29 is 4.74 Å². The Morgan fingerprint density at radius 2 is 2.38 bits per heavy atom. The summed E-state index contributed by atoms with van der Waals surface area (Å²) in [5, 5.41) is 3.34. The lowest BCUT2D eigenvalue weighted by molar-refractivity contribution is 0.357. The maximum Gasteiger partial charge on any atom is 0.122 e. The topological polar surface area (TPSA) is 22.1 Å². The second-order valence-electron chi connectivity index (χ2n) is 3.90. The van der Waals surface area contributed by atoms with Crippen molar-refractivity contribution in [3.8, 4) is 17.0 Å². The third-order valence-electron chi connectivity index (χ3n) is 2.84. The molecule has 0 spiro atoms. The van der Waals surface area contributed by atoms with Crippen LogP contribution in [0.1, 0.15) is 17.5 Å². The summed E-state index contributed by atoms with van der Waals surface area (Å²) in [6, 6.07) is 6.36. The first-order chi connectivity index (χ1) is 7.86. The summed E-state index contributed by atoms with van der Waals surface area (Å²) in [6.45, 7) is 2.95. The van der Waals surface area contributed by atoms with E-state index in [4.69, 9.17) is 4.74 Å². The zero-order valence-corrected chi connectivity index (χ0v) is 10.0. The van der Waals surface area contributed by atoms with Crippen LogP contribution in [0, 0.1) is 0 Å². The summed E-state index contributed by atoms with van der Waals surface area (Å²) < 4.78 is 5.50. The van der Waals surface area contributed by atoms with Crippen LogP contribution in [0.5, 0.6) is 5.75 Å². The lowest BCUT2D eigenvalue weighted by Crippen LogP contribution is -1.85. The Labute approximate surface area is 98.9 Å². The van der Waals surface area contributed by atoms with E-state index in [1.54, 1.807) is 11.3 Å². The second-order valence-corrected chi connectivity index (χ2v) is 4.84. The molecule has 0 radical (unpaired) electrons. The first-order valence-electron chi connectivity index (χ1n) is 5.57. The van der Waals surface area contributed by atoms with Crippen molar-refractivity contribution in [3.05, 3.63) is 34.2 Å². The third kappa shape index (κ3) is 1.61. The van der Waals surface area contributed by atoms with Gasteiger partial charge in [0.05, 0.1) is 17.3 Å². The molecule has 0 saturated carbocycles. The highest BCUT2D eigenvalue weighted by Gasteiger charge is 2.13. The zero-order valence-electron chi connectivity index (χ0n) is 9.19. The largest absolute Gasteiger partial charge is 0.493 e. The van der Waals surface area contributed by atoms with Gasteiger partial charge in [-0.05, 0) is 30.2 Å². The van der Waals surface area contributed by atoms with Crippen LogP contribution in [0.3, 0.4) is 0 Å². The van der Waals surface area contributed by atoms with Crippen LogP contribution in [-0.4, -0.2) is 11.6 Å². The normalized spacial score (nSPS) is 13.6. The molecule has 0 aliphatic carbocycles. The zero-order chi connectivity index (χ0) is 11.0. The van der Waals surface area contributed by atoms with E-state index in [1.807, 2.05) is 0 Å². The number of aryl methyl sites for hydroxylation is 1. The fraction of sp³-hybridized carbons (Fsp3) is 0.308. The number of fused-ring (bicyclic) bond motifs is 1. The Kier molecular flexibility index (Phi) is 2.40. The van der Waals surface area contributed by atoms with Crippen molar-refractivity contribution in [2.45, 2.75) is 19.8 Å². The molecule has 1 aliphatic rings. The molecule has 2 heterocycles. The average Bonchev–Trinajstić information content (AvgIpc) is 2.96. The molecular formula is C13H13NOS. The van der Waals surface area contributed by atoms with E-state index in [-0.39, 0.29) is 0 Å². The molecule has 3 heteroatoms. The number of nitrogens with zero attached hydrogens (tertiary/aromatic N) is 1. The Balaban J connectivity index is 2.00. The Morgan fingerprint density at radius 3 is 3.19 bits per heavy atom. The summed E-state index contributed by atoms with van der Waals surface area (Å²) in [5.41, 5.74) is 3.61. The first kappa shape index (κ1) is 9.85. The van der Waals surface area contributed by atoms with Crippen molar-refractivity contribution in [3.63, 3.8) is 0 Å². The van der Waals surface area contributed by atoms with E-state index in [1.165, 1.54) is 16.1 Å². The third-order valence-corrected chi connectivity index (χ3v) is 3.83. The number of ether oxygens (including phenoxy) is 1. The molecule has 0 unspecified atom stereocenters. The molecule has 3 rings (SSSR count). The van der Waals surface area contributed by atoms with Gasteiger partial charge in [0.15, 0.2) is 0 Å². The van der Waals surface area contributed by atoms with Crippen molar-refractivity contribution >= 4 is 11.3 Å². The van der Waals surface area contributed by atoms with Crippen LogP contribution < -0.4 is 4.74 Å². The quantitative estimate of drug-likeness (QED) is 0.791. The summed E-state index contributed by atoms with van der Waals surface area (Å²) in [6.07, 6.45) is 2.03. The maximum absolute atomic E-state index is 5.50. The van der Waals surface area contributed by atoms with Crippen LogP contribution >= 0.6 is 11.3 Å². The SMILES string of the molecule is CCc1nc(-c2ccc3c(c2)CCO3)cs1. The number of aromatic nitrogens is 1.